The van der Waals surface area contributed by atoms with Crippen molar-refractivity contribution in [3.05, 3.63) is 93.6 Å². The topological polar surface area (TPSA) is 191 Å². The van der Waals surface area contributed by atoms with Crippen molar-refractivity contribution in [1.82, 2.24) is 0 Å². The monoisotopic (exact) mass is 655 g/mol. The Hall–Kier alpha value is -4.37. The van der Waals surface area contributed by atoms with Crippen LogP contribution >= 0.6 is 46.3 Å². The van der Waals surface area contributed by atoms with Crippen LogP contribution < -0.4 is 38.5 Å². The molecular formula is C28H23Cl2N7O4S2. The van der Waals surface area contributed by atoms with Crippen LogP contribution in [0.3, 0.4) is 0 Å². The van der Waals surface area contributed by atoms with Gasteiger partial charge in [-0.3, -0.25) is 9.59 Å². The smallest absolute Gasteiger partial charge is 0.333 e. The Kier molecular flexibility index (Phi) is 10.1. The van der Waals surface area contributed by atoms with Gasteiger partial charge in [0.1, 0.15) is 0 Å². The molecule has 0 saturated heterocycles. The molecule has 0 spiro atoms. The molecule has 15 heteroatoms. The van der Waals surface area contributed by atoms with E-state index in [0.29, 0.717) is 16.9 Å². The fraction of sp³-hybridized carbons (Fsp3) is 0. The third-order valence-electron chi connectivity index (χ3n) is 5.83. The van der Waals surface area contributed by atoms with Crippen LogP contribution in [-0.2, 0) is 9.59 Å². The maximum absolute atomic E-state index is 11.8. The van der Waals surface area contributed by atoms with Crippen molar-refractivity contribution in [3.63, 3.8) is 0 Å². The van der Waals surface area contributed by atoms with E-state index in [1.807, 2.05) is 42.5 Å². The van der Waals surface area contributed by atoms with Gasteiger partial charge in [-0.2, -0.15) is 11.3 Å². The number of ketones is 2. The van der Waals surface area contributed by atoms with Crippen molar-refractivity contribution in [3.8, 4) is 11.1 Å². The van der Waals surface area contributed by atoms with Crippen LogP contribution in [0.25, 0.3) is 11.1 Å². The zero-order valence-corrected chi connectivity index (χ0v) is 25.1. The quantitative estimate of drug-likeness (QED) is 0.0809. The van der Waals surface area contributed by atoms with E-state index in [1.165, 1.54) is 11.3 Å². The molecular weight excluding hydrogens is 633 g/mol. The average molecular weight is 657 g/mol. The van der Waals surface area contributed by atoms with Gasteiger partial charge in [0.25, 0.3) is 0 Å². The molecule has 220 valence electrons. The Balaban J connectivity index is 0.000000359. The van der Waals surface area contributed by atoms with Crippen LogP contribution in [0.15, 0.2) is 103 Å². The minimum atomic E-state index is -0.821. The molecule has 11 nitrogen and oxygen atoms in total. The highest BCUT2D eigenvalue weighted by Crippen LogP contribution is 2.48. The van der Waals surface area contributed by atoms with Gasteiger partial charge < -0.3 is 16.8 Å². The van der Waals surface area contributed by atoms with Crippen molar-refractivity contribution in [1.29, 1.82) is 0 Å². The van der Waals surface area contributed by atoms with Crippen molar-refractivity contribution in [2.75, 3.05) is 15.3 Å². The SMILES string of the molecule is NC(=O)N(N)c1ccscc(N(N)C(N)=O)cc(-c2cccc3c2Nc2ccccc2S3)c1.O=C1C=C(Cl)C(=O)C=C1Cl. The van der Waals surface area contributed by atoms with Gasteiger partial charge in [0.05, 0.1) is 32.8 Å². The molecule has 1 aliphatic heterocycles. The van der Waals surface area contributed by atoms with E-state index in [0.717, 1.165) is 48.9 Å². The Bertz CT molecular complexity index is 1680. The van der Waals surface area contributed by atoms with Gasteiger partial charge in [-0.15, -0.1) is 0 Å². The van der Waals surface area contributed by atoms with Crippen molar-refractivity contribution in [2.24, 2.45) is 23.2 Å². The maximum Gasteiger partial charge on any atom is 0.333 e. The number of hydrogen-bond donors (Lipinski definition) is 5. The molecule has 0 bridgehead atoms. The van der Waals surface area contributed by atoms with Crippen LogP contribution in [0.2, 0.25) is 0 Å². The molecule has 1 aliphatic carbocycles. The summed E-state index contributed by atoms with van der Waals surface area (Å²) in [6.07, 6.45) is 2.01. The number of carbonyl (C=O) groups is 4. The number of halogens is 2. The number of benzene rings is 2. The van der Waals surface area contributed by atoms with Gasteiger partial charge in [0.15, 0.2) is 11.6 Å². The molecule has 0 atom stereocenters. The summed E-state index contributed by atoms with van der Waals surface area (Å²) in [7, 11) is 0. The van der Waals surface area contributed by atoms with Crippen LogP contribution in [0.5, 0.6) is 0 Å². The largest absolute Gasteiger partial charge is 0.353 e. The number of para-hydroxylation sites is 2. The van der Waals surface area contributed by atoms with E-state index >= 15 is 0 Å². The number of fused-ring (bicyclic) bond motifs is 2. The Morgan fingerprint density at radius 1 is 0.767 bits per heavy atom. The summed E-state index contributed by atoms with van der Waals surface area (Å²) in [4.78, 5) is 46.9. The zero-order valence-electron chi connectivity index (χ0n) is 22.0. The average Bonchev–Trinajstić information content (AvgIpc) is 3.09. The summed E-state index contributed by atoms with van der Waals surface area (Å²) >= 11 is 13.5. The molecule has 0 unspecified atom stereocenters. The molecule has 9 N–H and O–H groups in total. The first-order valence-electron chi connectivity index (χ1n) is 12.1. The lowest BCUT2D eigenvalue weighted by atomic mass is 10.0. The first-order chi connectivity index (χ1) is 20.5. The molecule has 3 aromatic rings. The Morgan fingerprint density at radius 2 is 1.35 bits per heavy atom. The van der Waals surface area contributed by atoms with Gasteiger partial charge in [-0.1, -0.05) is 59.2 Å². The zero-order chi connectivity index (χ0) is 31.3. The predicted molar refractivity (Wildman–Crippen MR) is 172 cm³/mol. The van der Waals surface area contributed by atoms with E-state index in [-0.39, 0.29) is 10.1 Å². The first kappa shape index (κ1) is 31.6. The lowest BCUT2D eigenvalue weighted by Gasteiger charge is -2.24. The molecule has 4 amide bonds. The second-order valence-electron chi connectivity index (χ2n) is 8.68. The molecule has 0 fully saturated rings. The predicted octanol–water partition coefficient (Wildman–Crippen LogP) is 5.65. The second kappa shape index (κ2) is 13.7. The maximum atomic E-state index is 11.8. The molecule has 2 aromatic carbocycles. The summed E-state index contributed by atoms with van der Waals surface area (Å²) < 4.78 is 0. The molecule has 2 aliphatic rings. The summed E-state index contributed by atoms with van der Waals surface area (Å²) in [5.41, 5.74) is 14.8. The summed E-state index contributed by atoms with van der Waals surface area (Å²) in [6.45, 7) is 0. The third-order valence-corrected chi connectivity index (χ3v) is 8.23. The number of primary amides is 2. The van der Waals surface area contributed by atoms with Crippen molar-refractivity contribution in [2.45, 2.75) is 9.79 Å². The van der Waals surface area contributed by atoms with Gasteiger partial charge in [0, 0.05) is 32.9 Å². The van der Waals surface area contributed by atoms with Gasteiger partial charge >= 0.3 is 12.1 Å². The van der Waals surface area contributed by atoms with Crippen LogP contribution in [0, 0.1) is 0 Å². The fourth-order valence-corrected chi connectivity index (χ4v) is 5.70. The molecule has 0 saturated carbocycles. The number of hydrazine groups is 2. The number of carbonyl (C=O) groups excluding carboxylic acids is 4. The number of nitrogens with one attached hydrogen (secondary N) is 1. The molecule has 0 radical (unpaired) electrons. The number of anilines is 4. The standard InChI is InChI=1S/C22H21N7O2S2.C6H2Cl2O2/c23-21(30)28(25)14-8-9-32-12-15(29(26)22(24)31)11-13(10-14)16-4-3-7-19-20(16)27-17-5-1-2-6-18(17)33-19;7-3-1-5(9)4(8)2-6(3)10/h1-12,27H,25-26H2,(H2,23,30)(H2,24,31);1-2H. The fourth-order valence-electron chi connectivity index (χ4n) is 3.75. The summed E-state index contributed by atoms with van der Waals surface area (Å²) in [5.74, 6) is 11.0. The van der Waals surface area contributed by atoms with E-state index in [1.54, 1.807) is 40.7 Å². The van der Waals surface area contributed by atoms with E-state index in [2.05, 4.69) is 5.32 Å². The van der Waals surface area contributed by atoms with Crippen LogP contribution in [0.4, 0.5) is 32.3 Å². The minimum Gasteiger partial charge on any atom is -0.353 e. The highest BCUT2D eigenvalue weighted by atomic mass is 35.5. The summed E-state index contributed by atoms with van der Waals surface area (Å²) in [5, 5.41) is 8.35. The van der Waals surface area contributed by atoms with E-state index in [9.17, 15) is 19.2 Å². The number of nitrogens with zero attached hydrogens (tertiary/aromatic N) is 2. The van der Waals surface area contributed by atoms with Crippen molar-refractivity contribution < 1.29 is 19.2 Å². The second-order valence-corrected chi connectivity index (χ2v) is 11.4. The lowest BCUT2D eigenvalue weighted by Crippen LogP contribution is -2.41. The Labute approximate surface area is 264 Å². The normalized spacial score (nSPS) is 13.0. The molecule has 1 aromatic heterocycles. The van der Waals surface area contributed by atoms with Gasteiger partial charge in [0.2, 0.25) is 0 Å². The number of urea groups is 2. The lowest BCUT2D eigenvalue weighted by molar-refractivity contribution is -0.114. The third kappa shape index (κ3) is 7.53. The Morgan fingerprint density at radius 3 is 2.00 bits per heavy atom. The minimum absolute atomic E-state index is 0.0885. The van der Waals surface area contributed by atoms with Crippen LogP contribution in [-0.4, -0.2) is 23.6 Å². The van der Waals surface area contributed by atoms with Crippen molar-refractivity contribution >= 4 is 92.7 Å². The number of hydrogen-bond acceptors (Lipinski definition) is 9. The van der Waals surface area contributed by atoms with Gasteiger partial charge in [-0.05, 0) is 47.3 Å². The van der Waals surface area contributed by atoms with Gasteiger partial charge in [-0.25, -0.2) is 31.3 Å². The number of amides is 4. The molecule has 2 heterocycles. The number of nitrogens with two attached hydrogens (primary N) is 4. The molecule has 43 heavy (non-hydrogen) atoms. The number of rotatable bonds is 3. The first-order valence-corrected chi connectivity index (χ1v) is 14.6. The highest BCUT2D eigenvalue weighted by Gasteiger charge is 2.20. The van der Waals surface area contributed by atoms with E-state index < -0.39 is 23.6 Å². The van der Waals surface area contributed by atoms with E-state index in [4.69, 9.17) is 46.4 Å². The highest BCUT2D eigenvalue weighted by molar-refractivity contribution is 7.99. The number of allylic oxidation sites excluding steroid dienone is 4. The van der Waals surface area contributed by atoms with Crippen LogP contribution in [0.1, 0.15) is 0 Å². The summed E-state index contributed by atoms with van der Waals surface area (Å²) in [6, 6.07) is 17.2. The molecule has 5 rings (SSSR count).